The lowest BCUT2D eigenvalue weighted by atomic mass is 9.75. The van der Waals surface area contributed by atoms with Gasteiger partial charge in [-0.05, 0) is 36.0 Å². The lowest BCUT2D eigenvalue weighted by Gasteiger charge is -2.38. The largest absolute Gasteiger partial charge is 0.462 e. The van der Waals surface area contributed by atoms with Crippen molar-refractivity contribution in [3.8, 4) is 5.75 Å². The summed E-state index contributed by atoms with van der Waals surface area (Å²) in [6.45, 7) is 5.95. The van der Waals surface area contributed by atoms with Gasteiger partial charge in [0.2, 0.25) is 0 Å². The van der Waals surface area contributed by atoms with Crippen LogP contribution in [0.5, 0.6) is 5.75 Å². The number of unbranched alkanes of at least 4 members (excludes halogenated alkanes) is 4. The summed E-state index contributed by atoms with van der Waals surface area (Å²) in [6.07, 6.45) is -13.0. The van der Waals surface area contributed by atoms with Crippen molar-refractivity contribution in [1.82, 2.24) is 0 Å². The molecule has 186 valence electrons. The molecular weight excluding hydrogens is 451 g/mol. The van der Waals surface area contributed by atoms with Crippen molar-refractivity contribution in [2.45, 2.75) is 102 Å². The van der Waals surface area contributed by atoms with Crippen LogP contribution in [0.15, 0.2) is 24.3 Å². The Labute approximate surface area is 182 Å². The van der Waals surface area contributed by atoms with Gasteiger partial charge in [0.1, 0.15) is 5.75 Å². The van der Waals surface area contributed by atoms with E-state index in [1.54, 1.807) is 0 Å². The highest BCUT2D eigenvalue weighted by Crippen LogP contribution is 2.54. The van der Waals surface area contributed by atoms with Crippen LogP contribution in [0.25, 0.3) is 0 Å². The van der Waals surface area contributed by atoms with E-state index >= 15 is 0 Å². The maximum Gasteiger partial charge on any atom is 0.447 e. The Morgan fingerprint density at radius 2 is 1.09 bits per heavy atom. The van der Waals surface area contributed by atoms with Crippen LogP contribution >= 0.6 is 0 Å². The standard InChI is InChI=1S/C22H29F9O/c1-4-6-7-8-9-15-18(3,14-5-2)16-10-12-17(13-11-16)32-19(20(23,24)25,21(26,27)28)22(29,30)31/h10-13H,4-9,14-15H2,1-3H3. The van der Waals surface area contributed by atoms with Gasteiger partial charge in [0, 0.05) is 0 Å². The summed E-state index contributed by atoms with van der Waals surface area (Å²) in [5, 5.41) is 0. The molecule has 0 fully saturated rings. The normalized spacial score (nSPS) is 15.5. The Balaban J connectivity index is 3.22. The minimum absolute atomic E-state index is 0.408. The molecule has 0 radical (unpaired) electrons. The van der Waals surface area contributed by atoms with Crippen LogP contribution < -0.4 is 4.74 Å². The number of alkyl halides is 9. The van der Waals surface area contributed by atoms with E-state index in [0.717, 1.165) is 57.1 Å². The SMILES string of the molecule is CCCCCCCC(C)(CCC)c1ccc(OC(C(F)(F)F)(C(F)(F)F)C(F)(F)F)cc1. The van der Waals surface area contributed by atoms with Gasteiger partial charge in [-0.3, -0.25) is 0 Å². The van der Waals surface area contributed by atoms with E-state index in [1.165, 1.54) is 12.1 Å². The Morgan fingerprint density at radius 3 is 1.50 bits per heavy atom. The van der Waals surface area contributed by atoms with Crippen LogP contribution in [-0.2, 0) is 5.41 Å². The van der Waals surface area contributed by atoms with Crippen LogP contribution in [0.4, 0.5) is 39.5 Å². The second-order valence-corrected chi connectivity index (χ2v) is 8.28. The molecule has 1 atom stereocenters. The van der Waals surface area contributed by atoms with E-state index in [9.17, 15) is 39.5 Å². The van der Waals surface area contributed by atoms with Gasteiger partial charge in [-0.25, -0.2) is 0 Å². The minimum Gasteiger partial charge on any atom is -0.462 e. The molecule has 1 nitrogen and oxygen atoms in total. The van der Waals surface area contributed by atoms with Crippen molar-refractivity contribution >= 4 is 0 Å². The fourth-order valence-corrected chi connectivity index (χ4v) is 3.84. The molecule has 0 aliphatic rings. The molecule has 0 saturated heterocycles. The predicted octanol–water partition coefficient (Wildman–Crippen LogP) is 8.91. The first kappa shape index (κ1) is 28.4. The lowest BCUT2D eigenvalue weighted by Crippen LogP contribution is -2.69. The molecule has 1 rings (SSSR count). The molecule has 10 heteroatoms. The van der Waals surface area contributed by atoms with Crippen molar-refractivity contribution in [2.24, 2.45) is 0 Å². The third kappa shape index (κ3) is 6.25. The Hall–Kier alpha value is -1.61. The molecule has 1 aromatic rings. The maximum absolute atomic E-state index is 13.1. The summed E-state index contributed by atoms with van der Waals surface area (Å²) >= 11 is 0. The van der Waals surface area contributed by atoms with Gasteiger partial charge in [-0.1, -0.05) is 71.4 Å². The third-order valence-electron chi connectivity index (χ3n) is 5.65. The highest BCUT2D eigenvalue weighted by atomic mass is 19.4. The molecule has 32 heavy (non-hydrogen) atoms. The van der Waals surface area contributed by atoms with Crippen molar-refractivity contribution in [1.29, 1.82) is 0 Å². The van der Waals surface area contributed by atoms with E-state index < -0.39 is 35.3 Å². The second kappa shape index (κ2) is 10.5. The molecular formula is C22H29F9O. The highest BCUT2D eigenvalue weighted by Gasteiger charge is 2.87. The summed E-state index contributed by atoms with van der Waals surface area (Å²) in [6, 6.07) is 3.95. The first-order chi connectivity index (χ1) is 14.6. The smallest absolute Gasteiger partial charge is 0.447 e. The van der Waals surface area contributed by atoms with Crippen LogP contribution in [0.1, 0.15) is 77.7 Å². The minimum atomic E-state index is -6.77. The van der Waals surface area contributed by atoms with Gasteiger partial charge in [0.25, 0.3) is 0 Å². The fourth-order valence-electron chi connectivity index (χ4n) is 3.84. The van der Waals surface area contributed by atoms with Gasteiger partial charge in [-0.15, -0.1) is 0 Å². The molecule has 0 spiro atoms. The maximum atomic E-state index is 13.1. The number of halogens is 9. The van der Waals surface area contributed by atoms with Crippen molar-refractivity contribution in [3.63, 3.8) is 0 Å². The van der Waals surface area contributed by atoms with Crippen molar-refractivity contribution < 1.29 is 44.3 Å². The Morgan fingerprint density at radius 1 is 0.625 bits per heavy atom. The number of benzene rings is 1. The van der Waals surface area contributed by atoms with Crippen molar-refractivity contribution in [3.05, 3.63) is 29.8 Å². The quantitative estimate of drug-likeness (QED) is 0.227. The topological polar surface area (TPSA) is 9.23 Å². The second-order valence-electron chi connectivity index (χ2n) is 8.28. The van der Waals surface area contributed by atoms with E-state index in [4.69, 9.17) is 0 Å². The Kier molecular flexibility index (Phi) is 9.37. The van der Waals surface area contributed by atoms with E-state index in [-0.39, 0.29) is 0 Å². The predicted molar refractivity (Wildman–Crippen MR) is 104 cm³/mol. The average molecular weight is 480 g/mol. The number of rotatable bonds is 11. The number of hydrogen-bond donors (Lipinski definition) is 0. The first-order valence-electron chi connectivity index (χ1n) is 10.6. The van der Waals surface area contributed by atoms with Gasteiger partial charge >= 0.3 is 24.1 Å². The molecule has 0 saturated carbocycles. The van der Waals surface area contributed by atoms with Crippen LogP contribution in [0.2, 0.25) is 0 Å². The molecule has 0 amide bonds. The molecule has 1 aromatic carbocycles. The van der Waals surface area contributed by atoms with Gasteiger partial charge in [0.15, 0.2) is 0 Å². The van der Waals surface area contributed by atoms with E-state index in [2.05, 4.69) is 11.7 Å². The molecule has 0 aliphatic carbocycles. The Bertz CT molecular complexity index is 653. The third-order valence-corrected chi connectivity index (χ3v) is 5.65. The van der Waals surface area contributed by atoms with Crippen LogP contribution in [0, 0.1) is 0 Å². The number of hydrogen-bond acceptors (Lipinski definition) is 1. The molecule has 0 heterocycles. The molecule has 0 aromatic heterocycles. The lowest BCUT2D eigenvalue weighted by molar-refractivity contribution is -0.436. The van der Waals surface area contributed by atoms with E-state index in [1.807, 2.05) is 13.8 Å². The summed E-state index contributed by atoms with van der Waals surface area (Å²) in [5.41, 5.74) is -6.10. The zero-order valence-corrected chi connectivity index (χ0v) is 18.3. The van der Waals surface area contributed by atoms with Gasteiger partial charge < -0.3 is 4.74 Å². The molecule has 0 bridgehead atoms. The van der Waals surface area contributed by atoms with Crippen LogP contribution in [0.3, 0.4) is 0 Å². The highest BCUT2D eigenvalue weighted by molar-refractivity contribution is 5.33. The summed E-state index contributed by atoms with van der Waals surface area (Å²) in [5.74, 6) is -1.16. The summed E-state index contributed by atoms with van der Waals surface area (Å²) in [4.78, 5) is 0. The van der Waals surface area contributed by atoms with Crippen LogP contribution in [-0.4, -0.2) is 24.1 Å². The van der Waals surface area contributed by atoms with E-state index in [0.29, 0.717) is 12.0 Å². The number of ether oxygens (including phenoxy) is 1. The van der Waals surface area contributed by atoms with Gasteiger partial charge in [0.05, 0.1) is 0 Å². The fraction of sp³-hybridized carbons (Fsp3) is 0.727. The average Bonchev–Trinajstić information content (AvgIpc) is 2.63. The first-order valence-corrected chi connectivity index (χ1v) is 10.6. The van der Waals surface area contributed by atoms with Gasteiger partial charge in [-0.2, -0.15) is 39.5 Å². The zero-order valence-electron chi connectivity index (χ0n) is 18.3. The molecule has 0 aliphatic heterocycles. The summed E-state index contributed by atoms with van der Waals surface area (Å²) in [7, 11) is 0. The van der Waals surface area contributed by atoms with Crippen molar-refractivity contribution in [2.75, 3.05) is 0 Å². The molecule has 1 unspecified atom stereocenters. The zero-order chi connectivity index (χ0) is 24.8. The molecule has 0 N–H and O–H groups in total. The summed E-state index contributed by atoms with van der Waals surface area (Å²) < 4.78 is 121. The monoisotopic (exact) mass is 480 g/mol.